The molecule has 0 aromatic heterocycles. The Bertz CT molecular complexity index is 756. The average molecular weight is 383 g/mol. The quantitative estimate of drug-likeness (QED) is 0.766. The van der Waals surface area contributed by atoms with Crippen molar-refractivity contribution < 1.29 is 27.9 Å². The van der Waals surface area contributed by atoms with Gasteiger partial charge >= 0.3 is 5.97 Å². The van der Waals surface area contributed by atoms with Crippen molar-refractivity contribution in [3.8, 4) is 0 Å². The molecule has 1 N–H and O–H groups in total. The lowest BCUT2D eigenvalue weighted by molar-refractivity contribution is -0.139. The van der Waals surface area contributed by atoms with Gasteiger partial charge in [-0.25, -0.2) is 8.42 Å². The lowest BCUT2D eigenvalue weighted by Crippen LogP contribution is -2.38. The maximum Gasteiger partial charge on any atom is 0.305 e. The Hall–Kier alpha value is -1.93. The number of carboxylic acid groups (broad SMARTS) is 1. The molecule has 1 aliphatic heterocycles. The Morgan fingerprint density at radius 3 is 2.38 bits per heavy atom. The molecular formula is C18H25NO6S. The van der Waals surface area contributed by atoms with Crippen molar-refractivity contribution in [2.24, 2.45) is 0 Å². The van der Waals surface area contributed by atoms with E-state index in [-0.39, 0.29) is 35.8 Å². The van der Waals surface area contributed by atoms with E-state index in [2.05, 4.69) is 0 Å². The number of aliphatic carboxylic acids is 1. The summed E-state index contributed by atoms with van der Waals surface area (Å²) in [6.45, 7) is 3.61. The van der Waals surface area contributed by atoms with Gasteiger partial charge < -0.3 is 14.7 Å². The van der Waals surface area contributed by atoms with Gasteiger partial charge in [0.15, 0.2) is 9.84 Å². The summed E-state index contributed by atoms with van der Waals surface area (Å²) in [6, 6.07) is 5.89. The van der Waals surface area contributed by atoms with Crippen LogP contribution in [-0.2, 0) is 30.6 Å². The van der Waals surface area contributed by atoms with Crippen LogP contribution >= 0.6 is 0 Å². The second-order valence-corrected chi connectivity index (χ2v) is 9.31. The first-order valence-corrected chi connectivity index (χ1v) is 10.1. The second-order valence-electron chi connectivity index (χ2n) is 6.81. The predicted octanol–water partition coefficient (Wildman–Crippen LogP) is 1.50. The molecule has 2 atom stereocenters. The zero-order valence-corrected chi connectivity index (χ0v) is 16.0. The number of hydrogen-bond acceptors (Lipinski definition) is 5. The summed E-state index contributed by atoms with van der Waals surface area (Å²) in [6.07, 6.45) is 0.313. The van der Waals surface area contributed by atoms with Crippen LogP contribution in [0.25, 0.3) is 0 Å². The Labute approximate surface area is 153 Å². The number of likely N-dealkylation sites (tertiary alicyclic amines) is 1. The highest BCUT2D eigenvalue weighted by Crippen LogP contribution is 2.24. The number of carbonyl (C=O) groups excluding carboxylic acids is 1. The third kappa shape index (κ3) is 4.62. The summed E-state index contributed by atoms with van der Waals surface area (Å²) in [7, 11) is -1.80. The fourth-order valence-electron chi connectivity index (χ4n) is 3.09. The van der Waals surface area contributed by atoms with Gasteiger partial charge in [0.05, 0.1) is 29.1 Å². The van der Waals surface area contributed by atoms with E-state index in [1.165, 1.54) is 12.1 Å². The Balaban J connectivity index is 2.10. The molecule has 1 heterocycles. The van der Waals surface area contributed by atoms with Crippen LogP contribution in [0.1, 0.15) is 32.3 Å². The minimum absolute atomic E-state index is 0.0918. The summed E-state index contributed by atoms with van der Waals surface area (Å²) in [4.78, 5) is 25.4. The molecule has 0 bridgehead atoms. The fraction of sp³-hybridized carbons (Fsp3) is 0.556. The molecule has 0 saturated carbocycles. The molecule has 26 heavy (non-hydrogen) atoms. The van der Waals surface area contributed by atoms with E-state index < -0.39 is 21.1 Å². The zero-order chi connectivity index (χ0) is 19.5. The minimum atomic E-state index is -3.35. The van der Waals surface area contributed by atoms with Crippen LogP contribution in [-0.4, -0.2) is 61.4 Å². The van der Waals surface area contributed by atoms with Gasteiger partial charge in [0, 0.05) is 19.7 Å². The molecule has 1 aliphatic rings. The van der Waals surface area contributed by atoms with Crippen molar-refractivity contribution in [3.63, 3.8) is 0 Å². The number of carboxylic acids is 1. The van der Waals surface area contributed by atoms with Crippen LogP contribution in [0.3, 0.4) is 0 Å². The molecule has 1 saturated heterocycles. The van der Waals surface area contributed by atoms with Crippen molar-refractivity contribution in [2.45, 2.75) is 55.4 Å². The third-order valence-corrected chi connectivity index (χ3v) is 6.84. The fourth-order valence-corrected chi connectivity index (χ4v) is 4.15. The topological polar surface area (TPSA) is 101 Å². The van der Waals surface area contributed by atoms with Crippen molar-refractivity contribution >= 4 is 21.7 Å². The first-order chi connectivity index (χ1) is 12.1. The molecule has 7 nitrogen and oxygen atoms in total. The number of rotatable bonds is 7. The Morgan fingerprint density at radius 1 is 1.27 bits per heavy atom. The lowest BCUT2D eigenvalue weighted by Gasteiger charge is -2.23. The molecule has 144 valence electrons. The van der Waals surface area contributed by atoms with Gasteiger partial charge in [-0.15, -0.1) is 0 Å². The van der Waals surface area contributed by atoms with Gasteiger partial charge in [0.1, 0.15) is 0 Å². The van der Waals surface area contributed by atoms with E-state index in [9.17, 15) is 18.0 Å². The molecular weight excluding hydrogens is 358 g/mol. The summed E-state index contributed by atoms with van der Waals surface area (Å²) in [5.74, 6) is -1.14. The standard InChI is InChI=1S/C18H25NO6S/c1-12(2)26(23,24)16-6-4-13(5-7-16)8-17(20)19-11-15(25-3)9-14(19)10-18(21)22/h4-7,12,14-15H,8-11H2,1-3H3,(H,21,22). The number of hydrogen-bond donors (Lipinski definition) is 1. The average Bonchev–Trinajstić information content (AvgIpc) is 2.97. The van der Waals surface area contributed by atoms with Crippen molar-refractivity contribution in [2.75, 3.05) is 13.7 Å². The number of sulfone groups is 1. The largest absolute Gasteiger partial charge is 0.481 e. The van der Waals surface area contributed by atoms with Gasteiger partial charge in [-0.1, -0.05) is 12.1 Å². The van der Waals surface area contributed by atoms with Crippen molar-refractivity contribution in [1.82, 2.24) is 4.90 Å². The number of carbonyl (C=O) groups is 2. The molecule has 0 radical (unpaired) electrons. The highest BCUT2D eigenvalue weighted by atomic mass is 32.2. The van der Waals surface area contributed by atoms with Crippen LogP contribution in [0.2, 0.25) is 0 Å². The van der Waals surface area contributed by atoms with Gasteiger partial charge in [-0.05, 0) is 38.0 Å². The van der Waals surface area contributed by atoms with Gasteiger partial charge in [-0.3, -0.25) is 9.59 Å². The van der Waals surface area contributed by atoms with Gasteiger partial charge in [-0.2, -0.15) is 0 Å². The van der Waals surface area contributed by atoms with Gasteiger partial charge in [0.25, 0.3) is 0 Å². The number of amides is 1. The maximum absolute atomic E-state index is 12.6. The molecule has 0 spiro atoms. The van der Waals surface area contributed by atoms with Crippen LogP contribution in [0, 0.1) is 0 Å². The van der Waals surface area contributed by atoms with E-state index >= 15 is 0 Å². The first kappa shape index (κ1) is 20.4. The normalized spacial score (nSPS) is 20.5. The van der Waals surface area contributed by atoms with Crippen LogP contribution in [0.4, 0.5) is 0 Å². The summed E-state index contributed by atoms with van der Waals surface area (Å²) >= 11 is 0. The molecule has 0 aliphatic carbocycles. The number of benzene rings is 1. The van der Waals surface area contributed by atoms with E-state index in [0.29, 0.717) is 18.5 Å². The molecule has 1 aromatic carbocycles. The SMILES string of the molecule is COC1CC(CC(=O)O)N(C(=O)Cc2ccc(S(=O)(=O)C(C)C)cc2)C1. The van der Waals surface area contributed by atoms with E-state index in [1.54, 1.807) is 38.0 Å². The smallest absolute Gasteiger partial charge is 0.305 e. The number of nitrogens with zero attached hydrogens (tertiary/aromatic N) is 1. The maximum atomic E-state index is 12.6. The summed E-state index contributed by atoms with van der Waals surface area (Å²) in [5.41, 5.74) is 0.688. The van der Waals surface area contributed by atoms with Crippen LogP contribution in [0.15, 0.2) is 29.2 Å². The predicted molar refractivity (Wildman–Crippen MR) is 95.6 cm³/mol. The third-order valence-electron chi connectivity index (χ3n) is 4.67. The molecule has 2 rings (SSSR count). The van der Waals surface area contributed by atoms with Gasteiger partial charge in [0.2, 0.25) is 5.91 Å². The summed E-state index contributed by atoms with van der Waals surface area (Å²) in [5, 5.41) is 8.53. The highest BCUT2D eigenvalue weighted by Gasteiger charge is 2.36. The van der Waals surface area contributed by atoms with Crippen molar-refractivity contribution in [3.05, 3.63) is 29.8 Å². The molecule has 1 amide bonds. The molecule has 8 heteroatoms. The van der Waals surface area contributed by atoms with E-state index in [0.717, 1.165) is 0 Å². The Kier molecular flexibility index (Phi) is 6.41. The molecule has 2 unspecified atom stereocenters. The van der Waals surface area contributed by atoms with E-state index in [1.807, 2.05) is 0 Å². The van der Waals surface area contributed by atoms with Crippen LogP contribution < -0.4 is 0 Å². The summed E-state index contributed by atoms with van der Waals surface area (Å²) < 4.78 is 29.6. The zero-order valence-electron chi connectivity index (χ0n) is 15.2. The monoisotopic (exact) mass is 383 g/mol. The number of methoxy groups -OCH3 is 1. The van der Waals surface area contributed by atoms with Crippen molar-refractivity contribution in [1.29, 1.82) is 0 Å². The van der Waals surface area contributed by atoms with E-state index in [4.69, 9.17) is 9.84 Å². The highest BCUT2D eigenvalue weighted by molar-refractivity contribution is 7.92. The Morgan fingerprint density at radius 2 is 1.88 bits per heavy atom. The number of ether oxygens (including phenoxy) is 1. The van der Waals surface area contributed by atoms with Crippen LogP contribution in [0.5, 0.6) is 0 Å². The lowest BCUT2D eigenvalue weighted by atomic mass is 10.1. The second kappa shape index (κ2) is 8.18. The molecule has 1 aromatic rings. The minimum Gasteiger partial charge on any atom is -0.481 e. The first-order valence-electron chi connectivity index (χ1n) is 8.52. The molecule has 1 fully saturated rings.